The van der Waals surface area contributed by atoms with Gasteiger partial charge >= 0.3 is 5.97 Å². The predicted molar refractivity (Wildman–Crippen MR) is 136 cm³/mol. The Morgan fingerprint density at radius 2 is 1.81 bits per heavy atom. The normalized spacial score (nSPS) is 10.9. The van der Waals surface area contributed by atoms with Crippen LogP contribution in [-0.2, 0) is 10.5 Å². The number of ketones is 1. The predicted octanol–water partition coefficient (Wildman–Crippen LogP) is 5.47. The highest BCUT2D eigenvalue weighted by Gasteiger charge is 2.18. The molecule has 0 radical (unpaired) electrons. The van der Waals surface area contributed by atoms with Crippen molar-refractivity contribution in [1.82, 2.24) is 9.55 Å². The molecule has 4 aromatic rings. The average molecular weight is 527 g/mol. The molecule has 4 rings (SSSR count). The summed E-state index contributed by atoms with van der Waals surface area (Å²) >= 11 is 7.21. The first-order chi connectivity index (χ1) is 17.2. The van der Waals surface area contributed by atoms with Gasteiger partial charge in [-0.3, -0.25) is 14.2 Å². The zero-order chi connectivity index (χ0) is 26.0. The van der Waals surface area contributed by atoms with Crippen molar-refractivity contribution in [3.8, 4) is 11.4 Å². The number of aromatic nitrogens is 2. The molecule has 3 aromatic carbocycles. The van der Waals surface area contributed by atoms with Crippen LogP contribution in [0.25, 0.3) is 16.6 Å². The van der Waals surface area contributed by atoms with Crippen molar-refractivity contribution >= 4 is 46.0 Å². The number of hydrogen-bond acceptors (Lipinski definition) is 7. The number of rotatable bonds is 7. The minimum atomic E-state index is -0.620. The highest BCUT2D eigenvalue weighted by Crippen LogP contribution is 2.30. The van der Waals surface area contributed by atoms with Crippen LogP contribution in [0.3, 0.4) is 0 Å². The molecular weight excluding hydrogens is 507 g/mol. The molecule has 7 nitrogen and oxygen atoms in total. The Hall–Kier alpha value is -3.69. The zero-order valence-corrected chi connectivity index (χ0v) is 21.1. The third kappa shape index (κ3) is 4.98. The quantitative estimate of drug-likeness (QED) is 0.137. The third-order valence-corrected chi connectivity index (χ3v) is 6.74. The maximum absolute atomic E-state index is 13.9. The monoisotopic (exact) mass is 526 g/mol. The first kappa shape index (κ1) is 25.4. The molecular formula is C26H20ClFN2O5S. The van der Waals surface area contributed by atoms with Gasteiger partial charge < -0.3 is 9.47 Å². The highest BCUT2D eigenvalue weighted by molar-refractivity contribution is 7.98. The Morgan fingerprint density at radius 1 is 1.06 bits per heavy atom. The van der Waals surface area contributed by atoms with Gasteiger partial charge in [-0.25, -0.2) is 14.2 Å². The topological polar surface area (TPSA) is 87.5 Å². The molecule has 184 valence electrons. The number of nitrogens with zero attached hydrogens (tertiary/aromatic N) is 2. The van der Waals surface area contributed by atoms with Gasteiger partial charge in [0.05, 0.1) is 41.4 Å². The van der Waals surface area contributed by atoms with Gasteiger partial charge in [-0.2, -0.15) is 0 Å². The van der Waals surface area contributed by atoms with Gasteiger partial charge in [0.15, 0.2) is 10.9 Å². The van der Waals surface area contributed by atoms with E-state index < -0.39 is 17.3 Å². The van der Waals surface area contributed by atoms with E-state index in [0.29, 0.717) is 28.3 Å². The van der Waals surface area contributed by atoms with E-state index in [1.54, 1.807) is 18.2 Å². The van der Waals surface area contributed by atoms with Crippen molar-refractivity contribution in [2.75, 3.05) is 14.2 Å². The molecule has 0 atom stereocenters. The first-order valence-electron chi connectivity index (χ1n) is 10.6. The van der Waals surface area contributed by atoms with E-state index in [1.165, 1.54) is 73.9 Å². The summed E-state index contributed by atoms with van der Waals surface area (Å²) in [4.78, 5) is 42.1. The molecule has 0 saturated carbocycles. The first-order valence-corrected chi connectivity index (χ1v) is 12.0. The van der Waals surface area contributed by atoms with Gasteiger partial charge in [-0.05, 0) is 61.5 Å². The molecule has 0 aliphatic heterocycles. The number of benzene rings is 3. The smallest absolute Gasteiger partial charge is 0.337 e. The van der Waals surface area contributed by atoms with E-state index in [0.717, 1.165) is 5.56 Å². The van der Waals surface area contributed by atoms with Crippen LogP contribution in [0, 0.1) is 5.82 Å². The molecule has 0 unspecified atom stereocenters. The van der Waals surface area contributed by atoms with Gasteiger partial charge in [-0.15, -0.1) is 0 Å². The van der Waals surface area contributed by atoms with Crippen LogP contribution in [0.2, 0.25) is 5.02 Å². The molecule has 0 aliphatic rings. The minimum absolute atomic E-state index is 0.0964. The largest absolute Gasteiger partial charge is 0.496 e. The molecule has 0 spiro atoms. The summed E-state index contributed by atoms with van der Waals surface area (Å²) in [5, 5.41) is 0.378. The van der Waals surface area contributed by atoms with Crippen LogP contribution in [0.4, 0.5) is 4.39 Å². The van der Waals surface area contributed by atoms with Crippen molar-refractivity contribution in [2.45, 2.75) is 17.8 Å². The van der Waals surface area contributed by atoms with E-state index in [9.17, 15) is 18.8 Å². The second kappa shape index (κ2) is 10.5. The van der Waals surface area contributed by atoms with E-state index in [4.69, 9.17) is 21.1 Å². The Kier molecular flexibility index (Phi) is 7.42. The number of halogens is 2. The van der Waals surface area contributed by atoms with Crippen LogP contribution in [-0.4, -0.2) is 35.5 Å². The number of carbonyl (C=O) groups excluding carboxylic acids is 2. The lowest BCUT2D eigenvalue weighted by molar-refractivity contribution is 0.0600. The lowest BCUT2D eigenvalue weighted by Gasteiger charge is -2.15. The second-order valence-electron chi connectivity index (χ2n) is 7.73. The average Bonchev–Trinajstić information content (AvgIpc) is 2.88. The van der Waals surface area contributed by atoms with Gasteiger partial charge in [0.1, 0.15) is 11.6 Å². The molecule has 0 N–H and O–H groups in total. The molecule has 0 bridgehead atoms. The van der Waals surface area contributed by atoms with E-state index in [1.807, 2.05) is 0 Å². The minimum Gasteiger partial charge on any atom is -0.496 e. The summed E-state index contributed by atoms with van der Waals surface area (Å²) in [6.07, 6.45) is 0. The summed E-state index contributed by atoms with van der Waals surface area (Å²) in [5.41, 5.74) is 1.67. The number of methoxy groups -OCH3 is 2. The van der Waals surface area contributed by atoms with Crippen molar-refractivity contribution in [3.63, 3.8) is 0 Å². The lowest BCUT2D eigenvalue weighted by Crippen LogP contribution is -2.22. The van der Waals surface area contributed by atoms with E-state index in [-0.39, 0.29) is 26.9 Å². The van der Waals surface area contributed by atoms with Gasteiger partial charge in [0.2, 0.25) is 0 Å². The molecule has 0 fully saturated rings. The summed E-state index contributed by atoms with van der Waals surface area (Å²) in [6, 6.07) is 13.5. The number of thioether (sulfide) groups is 1. The number of fused-ring (bicyclic) bond motifs is 1. The van der Waals surface area contributed by atoms with Crippen LogP contribution >= 0.6 is 23.4 Å². The second-order valence-corrected chi connectivity index (χ2v) is 9.08. The van der Waals surface area contributed by atoms with Crippen molar-refractivity contribution < 1.29 is 23.5 Å². The maximum Gasteiger partial charge on any atom is 0.337 e. The summed E-state index contributed by atoms with van der Waals surface area (Å²) in [6.45, 7) is 1.47. The SMILES string of the molecule is COC(=O)c1ccc2c(=O)n(-c3ccc(F)c(Cl)c3)c(SCc3cc(C(C)=O)ccc3OC)nc2c1. The number of Topliss-reactive ketones (excluding diaryl/α,β-unsaturated/α-hetero) is 1. The molecule has 10 heteroatoms. The number of carbonyl (C=O) groups is 2. The summed E-state index contributed by atoms with van der Waals surface area (Å²) < 4.78 is 25.4. The highest BCUT2D eigenvalue weighted by atomic mass is 35.5. The Balaban J connectivity index is 1.88. The summed E-state index contributed by atoms with van der Waals surface area (Å²) in [5.74, 6) is -0.410. The van der Waals surface area contributed by atoms with Gasteiger partial charge in [0, 0.05) is 16.9 Å². The lowest BCUT2D eigenvalue weighted by atomic mass is 10.1. The fourth-order valence-electron chi connectivity index (χ4n) is 3.61. The fourth-order valence-corrected chi connectivity index (χ4v) is 4.78. The maximum atomic E-state index is 13.9. The Morgan fingerprint density at radius 3 is 2.47 bits per heavy atom. The van der Waals surface area contributed by atoms with Gasteiger partial charge in [-0.1, -0.05) is 23.4 Å². The molecule has 1 aromatic heterocycles. The number of esters is 1. The molecule has 36 heavy (non-hydrogen) atoms. The van der Waals surface area contributed by atoms with Crippen LogP contribution in [0.15, 0.2) is 64.5 Å². The summed E-state index contributed by atoms with van der Waals surface area (Å²) in [7, 11) is 2.79. The third-order valence-electron chi connectivity index (χ3n) is 5.46. The van der Waals surface area contributed by atoms with Crippen molar-refractivity contribution in [2.24, 2.45) is 0 Å². The van der Waals surface area contributed by atoms with Gasteiger partial charge in [0.25, 0.3) is 5.56 Å². The molecule has 1 heterocycles. The van der Waals surface area contributed by atoms with Crippen LogP contribution in [0.1, 0.15) is 33.2 Å². The fraction of sp³-hybridized carbons (Fsp3) is 0.154. The standard InChI is InChI=1S/C26H20ClFN2O5S/c1-14(31)15-5-9-23(34-2)17(10-15)13-36-26-29-22-11-16(25(33)35-3)4-7-19(22)24(32)30(26)18-6-8-21(28)20(27)12-18/h4-12H,13H2,1-3H3. The number of hydrogen-bond donors (Lipinski definition) is 0. The Labute approximate surface area is 214 Å². The van der Waals surface area contributed by atoms with Crippen LogP contribution in [0.5, 0.6) is 5.75 Å². The number of ether oxygens (including phenoxy) is 2. The van der Waals surface area contributed by atoms with E-state index >= 15 is 0 Å². The van der Waals surface area contributed by atoms with Crippen LogP contribution < -0.4 is 10.3 Å². The van der Waals surface area contributed by atoms with E-state index in [2.05, 4.69) is 4.98 Å². The molecule has 0 amide bonds. The van der Waals surface area contributed by atoms with Crippen molar-refractivity contribution in [1.29, 1.82) is 0 Å². The molecule has 0 saturated heterocycles. The zero-order valence-electron chi connectivity index (χ0n) is 19.5. The Bertz CT molecular complexity index is 1570. The van der Waals surface area contributed by atoms with Crippen molar-refractivity contribution in [3.05, 3.63) is 92.5 Å². The molecule has 0 aliphatic carbocycles.